The van der Waals surface area contributed by atoms with E-state index in [1.54, 1.807) is 48.5 Å². The quantitative estimate of drug-likeness (QED) is 0.567. The normalized spacial score (nSPS) is 11.2. The molecule has 3 rings (SSSR count). The van der Waals surface area contributed by atoms with Crippen LogP contribution >= 0.6 is 23.2 Å². The summed E-state index contributed by atoms with van der Waals surface area (Å²) in [5.41, 5.74) is 1.43. The second-order valence-electron chi connectivity index (χ2n) is 6.11. The van der Waals surface area contributed by atoms with Crippen molar-refractivity contribution in [2.45, 2.75) is 11.8 Å². The van der Waals surface area contributed by atoms with Gasteiger partial charge in [-0.25, -0.2) is 13.6 Å². The highest BCUT2D eigenvalue weighted by molar-refractivity contribution is 7.89. The first kappa shape index (κ1) is 21.1. The zero-order chi connectivity index (χ0) is 21.2. The number of hydrogen-bond donors (Lipinski definition) is 2. The van der Waals surface area contributed by atoms with Gasteiger partial charge in [0.15, 0.2) is 0 Å². The molecule has 3 N–H and O–H groups in total. The van der Waals surface area contributed by atoms with Gasteiger partial charge in [-0.05, 0) is 42.0 Å². The van der Waals surface area contributed by atoms with Crippen LogP contribution in [0.2, 0.25) is 10.0 Å². The number of sulfonamides is 1. The molecule has 0 aromatic heterocycles. The summed E-state index contributed by atoms with van der Waals surface area (Å²) in [5, 5.41) is 8.74. The fourth-order valence-corrected chi connectivity index (χ4v) is 3.82. The predicted octanol–water partition coefficient (Wildman–Crippen LogP) is 5.06. The van der Waals surface area contributed by atoms with E-state index >= 15 is 0 Å². The summed E-state index contributed by atoms with van der Waals surface area (Å²) in [4.78, 5) is 11.1. The van der Waals surface area contributed by atoms with Crippen LogP contribution in [-0.4, -0.2) is 14.3 Å². The first-order chi connectivity index (χ1) is 13.6. The van der Waals surface area contributed by atoms with E-state index in [1.807, 2.05) is 0 Å². The monoisotopic (exact) mass is 450 g/mol. The van der Waals surface area contributed by atoms with Crippen molar-refractivity contribution in [2.24, 2.45) is 5.14 Å². The van der Waals surface area contributed by atoms with Crippen LogP contribution in [0.4, 0.5) is 5.69 Å². The second kappa shape index (κ2) is 8.42. The van der Waals surface area contributed by atoms with Gasteiger partial charge in [-0.15, -0.1) is 0 Å². The minimum Gasteiger partial charge on any atom is -0.456 e. The van der Waals surface area contributed by atoms with Crippen molar-refractivity contribution in [2.75, 3.05) is 5.32 Å². The first-order valence-corrected chi connectivity index (χ1v) is 10.6. The fourth-order valence-electron chi connectivity index (χ4n) is 2.68. The Bertz CT molecular complexity index is 1200. The first-order valence-electron chi connectivity index (χ1n) is 8.32. The number of halogens is 2. The maximum absolute atomic E-state index is 12.2. The van der Waals surface area contributed by atoms with E-state index in [0.717, 1.165) is 0 Å². The SMILES string of the molecule is CC(=O)Nc1cccc(-c2ccc(Oc3cccc(Cl)c3)c(S(N)(=O)=O)c2)c1Cl. The Kier molecular flexibility index (Phi) is 6.14. The van der Waals surface area contributed by atoms with E-state index in [-0.39, 0.29) is 21.6 Å². The molecule has 9 heteroatoms. The minimum absolute atomic E-state index is 0.0488. The van der Waals surface area contributed by atoms with Crippen molar-refractivity contribution >= 4 is 44.8 Å². The molecule has 0 unspecified atom stereocenters. The molecule has 150 valence electrons. The van der Waals surface area contributed by atoms with Crippen LogP contribution in [0, 0.1) is 0 Å². The number of rotatable bonds is 5. The zero-order valence-electron chi connectivity index (χ0n) is 15.1. The van der Waals surface area contributed by atoms with Crippen molar-refractivity contribution in [3.63, 3.8) is 0 Å². The van der Waals surface area contributed by atoms with Crippen molar-refractivity contribution in [1.29, 1.82) is 0 Å². The lowest BCUT2D eigenvalue weighted by Gasteiger charge is -2.14. The predicted molar refractivity (Wildman–Crippen MR) is 114 cm³/mol. The number of hydrogen-bond acceptors (Lipinski definition) is 4. The van der Waals surface area contributed by atoms with Crippen LogP contribution in [0.3, 0.4) is 0 Å². The highest BCUT2D eigenvalue weighted by Gasteiger charge is 2.19. The van der Waals surface area contributed by atoms with E-state index in [1.165, 1.54) is 19.1 Å². The van der Waals surface area contributed by atoms with Crippen LogP contribution in [0.1, 0.15) is 6.92 Å². The lowest BCUT2D eigenvalue weighted by Crippen LogP contribution is -2.13. The van der Waals surface area contributed by atoms with Crippen LogP contribution < -0.4 is 15.2 Å². The molecule has 29 heavy (non-hydrogen) atoms. The molecular formula is C20H16Cl2N2O4S. The van der Waals surface area contributed by atoms with Crippen LogP contribution in [-0.2, 0) is 14.8 Å². The van der Waals surface area contributed by atoms with Crippen LogP contribution in [0.5, 0.6) is 11.5 Å². The number of benzene rings is 3. The Labute approximate surface area is 178 Å². The summed E-state index contributed by atoms with van der Waals surface area (Å²) in [5.74, 6) is 0.132. The molecule has 0 heterocycles. The van der Waals surface area contributed by atoms with Gasteiger partial charge in [0.05, 0.1) is 10.7 Å². The van der Waals surface area contributed by atoms with Crippen molar-refractivity contribution in [1.82, 2.24) is 0 Å². The minimum atomic E-state index is -4.11. The number of nitrogens with one attached hydrogen (secondary N) is 1. The van der Waals surface area contributed by atoms with E-state index in [9.17, 15) is 13.2 Å². The Morgan fingerprint density at radius 1 is 1.03 bits per heavy atom. The molecule has 1 amide bonds. The van der Waals surface area contributed by atoms with Gasteiger partial charge in [0, 0.05) is 17.5 Å². The summed E-state index contributed by atoms with van der Waals surface area (Å²) < 4.78 is 30.0. The summed E-state index contributed by atoms with van der Waals surface area (Å²) >= 11 is 12.3. The average molecular weight is 451 g/mol. The Morgan fingerprint density at radius 2 is 1.76 bits per heavy atom. The largest absolute Gasteiger partial charge is 0.456 e. The summed E-state index contributed by atoms with van der Waals surface area (Å²) in [6, 6.07) is 16.1. The number of carbonyl (C=O) groups excluding carboxylic acids is 1. The lowest BCUT2D eigenvalue weighted by atomic mass is 10.0. The Balaban J connectivity index is 2.09. The second-order valence-corrected chi connectivity index (χ2v) is 8.46. The maximum Gasteiger partial charge on any atom is 0.241 e. The fraction of sp³-hybridized carbons (Fsp3) is 0.0500. The number of nitrogens with two attached hydrogens (primary N) is 1. The highest BCUT2D eigenvalue weighted by Crippen LogP contribution is 2.38. The topological polar surface area (TPSA) is 98.5 Å². The molecule has 0 aliphatic rings. The van der Waals surface area contributed by atoms with Crippen molar-refractivity contribution in [3.8, 4) is 22.6 Å². The lowest BCUT2D eigenvalue weighted by molar-refractivity contribution is -0.114. The summed E-state index contributed by atoms with van der Waals surface area (Å²) in [6.07, 6.45) is 0. The third-order valence-electron chi connectivity index (χ3n) is 3.89. The van der Waals surface area contributed by atoms with Gasteiger partial charge in [0.2, 0.25) is 15.9 Å². The molecule has 0 fully saturated rings. The zero-order valence-corrected chi connectivity index (χ0v) is 17.5. The third-order valence-corrected chi connectivity index (χ3v) is 5.47. The standard InChI is InChI=1S/C20H16Cl2N2O4S/c1-12(25)24-17-7-3-6-16(20(17)22)13-8-9-18(19(10-13)29(23,26)27)28-15-5-2-4-14(21)11-15/h2-11H,1H3,(H,24,25)(H2,23,26,27). The molecule has 3 aromatic carbocycles. The number of carbonyl (C=O) groups is 1. The third kappa shape index (κ3) is 5.07. The molecule has 6 nitrogen and oxygen atoms in total. The number of ether oxygens (including phenoxy) is 1. The van der Waals surface area contributed by atoms with E-state index in [4.69, 9.17) is 33.1 Å². The smallest absolute Gasteiger partial charge is 0.241 e. The Hall–Kier alpha value is -2.58. The van der Waals surface area contributed by atoms with Crippen LogP contribution in [0.25, 0.3) is 11.1 Å². The van der Waals surface area contributed by atoms with E-state index in [2.05, 4.69) is 5.32 Å². The summed E-state index contributed by atoms with van der Waals surface area (Å²) in [7, 11) is -4.11. The summed E-state index contributed by atoms with van der Waals surface area (Å²) in [6.45, 7) is 1.37. The molecule has 0 atom stereocenters. The molecule has 0 saturated carbocycles. The highest BCUT2D eigenvalue weighted by atomic mass is 35.5. The molecule has 0 spiro atoms. The van der Waals surface area contributed by atoms with Gasteiger partial charge in [-0.1, -0.05) is 47.5 Å². The molecule has 0 aliphatic heterocycles. The van der Waals surface area contributed by atoms with Crippen molar-refractivity contribution in [3.05, 3.63) is 70.7 Å². The van der Waals surface area contributed by atoms with Gasteiger partial charge in [-0.3, -0.25) is 4.79 Å². The maximum atomic E-state index is 12.2. The number of anilines is 1. The molecule has 3 aromatic rings. The number of primary sulfonamides is 1. The van der Waals surface area contributed by atoms with Crippen molar-refractivity contribution < 1.29 is 17.9 Å². The Morgan fingerprint density at radius 3 is 2.41 bits per heavy atom. The van der Waals surface area contributed by atoms with E-state index in [0.29, 0.717) is 27.6 Å². The van der Waals surface area contributed by atoms with Gasteiger partial charge in [-0.2, -0.15) is 0 Å². The van der Waals surface area contributed by atoms with Gasteiger partial charge < -0.3 is 10.1 Å². The van der Waals surface area contributed by atoms with E-state index < -0.39 is 10.0 Å². The molecule has 0 aliphatic carbocycles. The van der Waals surface area contributed by atoms with Gasteiger partial charge in [0.25, 0.3) is 0 Å². The molecule has 0 radical (unpaired) electrons. The number of amides is 1. The van der Waals surface area contributed by atoms with Gasteiger partial charge >= 0.3 is 0 Å². The van der Waals surface area contributed by atoms with Crippen LogP contribution in [0.15, 0.2) is 65.6 Å². The molecular weight excluding hydrogens is 435 g/mol. The average Bonchev–Trinajstić information content (AvgIpc) is 2.63. The molecule has 0 bridgehead atoms. The van der Waals surface area contributed by atoms with Gasteiger partial charge in [0.1, 0.15) is 16.4 Å². The molecule has 0 saturated heterocycles.